The third-order valence-electron chi connectivity index (χ3n) is 5.14. The van der Waals surface area contributed by atoms with Crippen molar-refractivity contribution in [1.29, 1.82) is 0 Å². The summed E-state index contributed by atoms with van der Waals surface area (Å²) < 4.78 is 10.9. The summed E-state index contributed by atoms with van der Waals surface area (Å²) in [4.78, 5) is 20.2. The minimum Gasteiger partial charge on any atom is -0.497 e. The molecule has 0 spiro atoms. The van der Waals surface area contributed by atoms with E-state index in [1.165, 1.54) is 0 Å². The van der Waals surface area contributed by atoms with Gasteiger partial charge >= 0.3 is 0 Å². The fraction of sp³-hybridized carbons (Fsp3) is 0.304. The number of hydrogen-bond acceptors (Lipinski definition) is 5. The van der Waals surface area contributed by atoms with E-state index in [-0.39, 0.29) is 5.78 Å². The van der Waals surface area contributed by atoms with Crippen LogP contribution in [-0.4, -0.2) is 37.6 Å². The molecule has 4 rings (SSSR count). The van der Waals surface area contributed by atoms with Crippen LogP contribution in [0.15, 0.2) is 48.7 Å². The second kappa shape index (κ2) is 7.89. The average Bonchev–Trinajstić information content (AvgIpc) is 3.27. The van der Waals surface area contributed by atoms with Gasteiger partial charge in [-0.05, 0) is 62.2 Å². The molecule has 0 amide bonds. The number of benzene rings is 2. The monoisotopic (exact) mass is 376 g/mol. The first-order valence-electron chi connectivity index (χ1n) is 9.70. The first kappa shape index (κ1) is 18.3. The Morgan fingerprint density at radius 2 is 1.79 bits per heavy atom. The molecule has 0 radical (unpaired) electrons. The van der Waals surface area contributed by atoms with E-state index in [0.717, 1.165) is 54.0 Å². The molecule has 1 fully saturated rings. The van der Waals surface area contributed by atoms with Crippen molar-refractivity contribution in [1.82, 2.24) is 4.98 Å². The Labute approximate surface area is 164 Å². The number of hydrogen-bond donors (Lipinski definition) is 0. The predicted molar refractivity (Wildman–Crippen MR) is 111 cm³/mol. The van der Waals surface area contributed by atoms with E-state index in [1.54, 1.807) is 13.3 Å². The SMILES string of the molecule is CCOc1ccc(C(=O)c2cnc3ccc(OC)cc3c2N2CCCC2)cc1. The smallest absolute Gasteiger partial charge is 0.196 e. The number of carbonyl (C=O) groups is 1. The molecule has 1 aliphatic heterocycles. The molecule has 5 nitrogen and oxygen atoms in total. The minimum atomic E-state index is -0.0258. The third kappa shape index (κ3) is 3.40. The van der Waals surface area contributed by atoms with E-state index in [2.05, 4.69) is 9.88 Å². The van der Waals surface area contributed by atoms with Crippen molar-refractivity contribution in [2.45, 2.75) is 19.8 Å². The number of aromatic nitrogens is 1. The molecule has 2 aromatic carbocycles. The maximum Gasteiger partial charge on any atom is 0.196 e. The Morgan fingerprint density at radius 3 is 2.46 bits per heavy atom. The number of fused-ring (bicyclic) bond motifs is 1. The van der Waals surface area contributed by atoms with Crippen molar-refractivity contribution in [2.75, 3.05) is 31.7 Å². The highest BCUT2D eigenvalue weighted by Crippen LogP contribution is 2.35. The van der Waals surface area contributed by atoms with Gasteiger partial charge in [-0.25, -0.2) is 0 Å². The van der Waals surface area contributed by atoms with Gasteiger partial charge in [-0.3, -0.25) is 9.78 Å². The number of anilines is 1. The third-order valence-corrected chi connectivity index (χ3v) is 5.14. The minimum absolute atomic E-state index is 0.0258. The molecular weight excluding hydrogens is 352 g/mol. The lowest BCUT2D eigenvalue weighted by molar-refractivity contribution is 0.103. The number of ether oxygens (including phenoxy) is 2. The van der Waals surface area contributed by atoms with Gasteiger partial charge in [0.15, 0.2) is 5.78 Å². The Morgan fingerprint density at radius 1 is 1.07 bits per heavy atom. The van der Waals surface area contributed by atoms with E-state index in [9.17, 15) is 4.79 Å². The number of pyridine rings is 1. The molecule has 0 saturated carbocycles. The molecule has 1 aliphatic rings. The molecule has 1 aromatic heterocycles. The van der Waals surface area contributed by atoms with Crippen LogP contribution in [0.25, 0.3) is 10.9 Å². The maximum absolute atomic E-state index is 13.4. The van der Waals surface area contributed by atoms with Crippen molar-refractivity contribution < 1.29 is 14.3 Å². The van der Waals surface area contributed by atoms with Crippen LogP contribution in [-0.2, 0) is 0 Å². The van der Waals surface area contributed by atoms with Crippen LogP contribution < -0.4 is 14.4 Å². The molecule has 0 bridgehead atoms. The van der Waals surface area contributed by atoms with Crippen molar-refractivity contribution in [3.8, 4) is 11.5 Å². The molecule has 0 atom stereocenters. The normalized spacial score (nSPS) is 13.7. The topological polar surface area (TPSA) is 51.7 Å². The first-order valence-corrected chi connectivity index (χ1v) is 9.70. The summed E-state index contributed by atoms with van der Waals surface area (Å²) in [5.41, 5.74) is 3.09. The number of methoxy groups -OCH3 is 1. The lowest BCUT2D eigenvalue weighted by atomic mass is 9.99. The molecule has 2 heterocycles. The lowest BCUT2D eigenvalue weighted by Crippen LogP contribution is -2.21. The van der Waals surface area contributed by atoms with Gasteiger partial charge in [-0.15, -0.1) is 0 Å². The van der Waals surface area contributed by atoms with E-state index >= 15 is 0 Å². The molecule has 144 valence electrons. The highest BCUT2D eigenvalue weighted by molar-refractivity contribution is 6.16. The van der Waals surface area contributed by atoms with Gasteiger partial charge in [0.1, 0.15) is 11.5 Å². The van der Waals surface area contributed by atoms with Gasteiger partial charge in [-0.2, -0.15) is 0 Å². The van der Waals surface area contributed by atoms with Crippen LogP contribution in [0.4, 0.5) is 5.69 Å². The standard InChI is InChI=1S/C23H24N2O3/c1-3-28-17-8-6-16(7-9-17)23(26)20-15-24-21-11-10-18(27-2)14-19(21)22(20)25-12-4-5-13-25/h6-11,14-15H,3-5,12-13H2,1-2H3. The summed E-state index contributed by atoms with van der Waals surface area (Å²) in [6.45, 7) is 4.43. The zero-order valence-electron chi connectivity index (χ0n) is 16.3. The summed E-state index contributed by atoms with van der Waals surface area (Å²) in [5.74, 6) is 1.50. The summed E-state index contributed by atoms with van der Waals surface area (Å²) in [6.07, 6.45) is 3.97. The summed E-state index contributed by atoms with van der Waals surface area (Å²) in [6, 6.07) is 13.1. The fourth-order valence-electron chi connectivity index (χ4n) is 3.76. The molecule has 0 unspecified atom stereocenters. The van der Waals surface area contributed by atoms with E-state index < -0.39 is 0 Å². The van der Waals surface area contributed by atoms with Crippen molar-refractivity contribution in [3.05, 3.63) is 59.8 Å². The average molecular weight is 376 g/mol. The van der Waals surface area contributed by atoms with Crippen LogP contribution >= 0.6 is 0 Å². The summed E-state index contributed by atoms with van der Waals surface area (Å²) in [7, 11) is 1.65. The largest absolute Gasteiger partial charge is 0.497 e. The summed E-state index contributed by atoms with van der Waals surface area (Å²) in [5, 5.41) is 0.957. The second-order valence-electron chi connectivity index (χ2n) is 6.88. The maximum atomic E-state index is 13.4. The highest BCUT2D eigenvalue weighted by Gasteiger charge is 2.24. The van der Waals surface area contributed by atoms with Crippen molar-refractivity contribution in [3.63, 3.8) is 0 Å². The number of nitrogens with zero attached hydrogens (tertiary/aromatic N) is 2. The van der Waals surface area contributed by atoms with Gasteiger partial charge < -0.3 is 14.4 Å². The second-order valence-corrected chi connectivity index (χ2v) is 6.88. The van der Waals surface area contributed by atoms with Gasteiger partial charge in [0.2, 0.25) is 0 Å². The van der Waals surface area contributed by atoms with Crippen molar-refractivity contribution >= 4 is 22.4 Å². The van der Waals surface area contributed by atoms with Gasteiger partial charge in [-0.1, -0.05) is 0 Å². The molecular formula is C23H24N2O3. The molecule has 0 N–H and O–H groups in total. The van der Waals surface area contributed by atoms with Crippen molar-refractivity contribution in [2.24, 2.45) is 0 Å². The van der Waals surface area contributed by atoms with Crippen LogP contribution in [0, 0.1) is 0 Å². The Bertz CT molecular complexity index is 993. The fourth-order valence-corrected chi connectivity index (χ4v) is 3.76. The predicted octanol–water partition coefficient (Wildman–Crippen LogP) is 4.47. The number of carbonyl (C=O) groups excluding carboxylic acids is 1. The van der Waals surface area contributed by atoms with Gasteiger partial charge in [0.05, 0.1) is 30.5 Å². The van der Waals surface area contributed by atoms with E-state index in [0.29, 0.717) is 17.7 Å². The first-order chi connectivity index (χ1) is 13.7. The lowest BCUT2D eigenvalue weighted by Gasteiger charge is -2.23. The van der Waals surface area contributed by atoms with E-state index in [4.69, 9.17) is 9.47 Å². The van der Waals surface area contributed by atoms with Crippen LogP contribution in [0.3, 0.4) is 0 Å². The zero-order chi connectivity index (χ0) is 19.5. The molecule has 0 aliphatic carbocycles. The number of rotatable bonds is 6. The van der Waals surface area contributed by atoms with E-state index in [1.807, 2.05) is 49.4 Å². The van der Waals surface area contributed by atoms with Crippen LogP contribution in [0.5, 0.6) is 11.5 Å². The molecule has 1 saturated heterocycles. The van der Waals surface area contributed by atoms with Gasteiger partial charge in [0, 0.05) is 30.2 Å². The van der Waals surface area contributed by atoms with Crippen LogP contribution in [0.2, 0.25) is 0 Å². The quantitative estimate of drug-likeness (QED) is 0.594. The summed E-state index contributed by atoms with van der Waals surface area (Å²) >= 11 is 0. The molecule has 3 aromatic rings. The Kier molecular flexibility index (Phi) is 5.15. The van der Waals surface area contributed by atoms with Gasteiger partial charge in [0.25, 0.3) is 0 Å². The Hall–Kier alpha value is -3.08. The molecule has 28 heavy (non-hydrogen) atoms. The highest BCUT2D eigenvalue weighted by atomic mass is 16.5. The number of ketones is 1. The Balaban J connectivity index is 1.82. The zero-order valence-corrected chi connectivity index (χ0v) is 16.3. The van der Waals surface area contributed by atoms with Crippen LogP contribution in [0.1, 0.15) is 35.7 Å². The molecule has 5 heteroatoms.